The molecule has 2 atom stereocenters. The largest absolute Gasteiger partial charge is 0.381 e. The molecule has 0 aromatic carbocycles. The molecular formula is C11H21NO2. The van der Waals surface area contributed by atoms with Crippen molar-refractivity contribution in [2.45, 2.75) is 44.2 Å². The van der Waals surface area contributed by atoms with Crippen molar-refractivity contribution in [3.8, 4) is 0 Å². The highest BCUT2D eigenvalue weighted by Crippen LogP contribution is 2.24. The Bertz CT molecular complexity index is 163. The third kappa shape index (κ3) is 2.69. The van der Waals surface area contributed by atoms with Crippen LogP contribution in [-0.4, -0.2) is 32.0 Å². The lowest BCUT2D eigenvalue weighted by molar-refractivity contribution is 0.0447. The first kappa shape index (κ1) is 10.4. The molecule has 0 aromatic rings. The van der Waals surface area contributed by atoms with Gasteiger partial charge >= 0.3 is 0 Å². The van der Waals surface area contributed by atoms with E-state index in [1.807, 2.05) is 0 Å². The fraction of sp³-hybridized carbons (Fsp3) is 1.00. The average Bonchev–Trinajstić information content (AvgIpc) is 2.72. The van der Waals surface area contributed by atoms with Gasteiger partial charge in [-0.05, 0) is 38.0 Å². The molecule has 2 heterocycles. The highest BCUT2D eigenvalue weighted by atomic mass is 16.5. The molecule has 2 aliphatic rings. The normalized spacial score (nSPS) is 31.9. The Hall–Kier alpha value is -0.120. The predicted octanol–water partition coefficient (Wildman–Crippen LogP) is 1.31. The van der Waals surface area contributed by atoms with Crippen LogP contribution >= 0.6 is 0 Å². The summed E-state index contributed by atoms with van der Waals surface area (Å²) in [6.07, 6.45) is 6.16. The van der Waals surface area contributed by atoms with E-state index in [2.05, 4.69) is 0 Å². The van der Waals surface area contributed by atoms with Crippen molar-refractivity contribution in [3.05, 3.63) is 0 Å². The molecule has 0 aromatic heterocycles. The molecule has 2 N–H and O–H groups in total. The van der Waals surface area contributed by atoms with Crippen LogP contribution < -0.4 is 5.73 Å². The predicted molar refractivity (Wildman–Crippen MR) is 55.1 cm³/mol. The summed E-state index contributed by atoms with van der Waals surface area (Å²) in [7, 11) is 0. The number of nitrogens with two attached hydrogens (primary N) is 1. The molecule has 0 saturated carbocycles. The average molecular weight is 199 g/mol. The zero-order valence-electron chi connectivity index (χ0n) is 8.78. The zero-order valence-corrected chi connectivity index (χ0v) is 8.78. The van der Waals surface area contributed by atoms with Crippen LogP contribution in [0.15, 0.2) is 0 Å². The highest BCUT2D eigenvalue weighted by Gasteiger charge is 2.26. The first-order valence-electron chi connectivity index (χ1n) is 5.81. The van der Waals surface area contributed by atoms with Crippen LogP contribution in [0.5, 0.6) is 0 Å². The van der Waals surface area contributed by atoms with Gasteiger partial charge in [0.2, 0.25) is 0 Å². The van der Waals surface area contributed by atoms with E-state index in [1.165, 1.54) is 19.3 Å². The minimum atomic E-state index is 0.251. The van der Waals surface area contributed by atoms with Crippen molar-refractivity contribution in [3.63, 3.8) is 0 Å². The van der Waals surface area contributed by atoms with Gasteiger partial charge in [-0.25, -0.2) is 0 Å². The Morgan fingerprint density at radius 2 is 1.93 bits per heavy atom. The molecular weight excluding hydrogens is 178 g/mol. The molecule has 2 unspecified atom stereocenters. The zero-order chi connectivity index (χ0) is 9.80. The summed E-state index contributed by atoms with van der Waals surface area (Å²) < 4.78 is 10.9. The third-order valence-electron chi connectivity index (χ3n) is 3.39. The Labute approximate surface area is 85.9 Å². The van der Waals surface area contributed by atoms with Gasteiger partial charge in [0.15, 0.2) is 0 Å². The van der Waals surface area contributed by atoms with Gasteiger partial charge < -0.3 is 15.2 Å². The lowest BCUT2D eigenvalue weighted by Gasteiger charge is -2.27. The molecule has 3 heteroatoms. The van der Waals surface area contributed by atoms with Crippen LogP contribution in [0.2, 0.25) is 0 Å². The van der Waals surface area contributed by atoms with Gasteiger partial charge in [0.1, 0.15) is 0 Å². The monoisotopic (exact) mass is 199 g/mol. The van der Waals surface area contributed by atoms with Gasteiger partial charge in [0.25, 0.3) is 0 Å². The van der Waals surface area contributed by atoms with Gasteiger partial charge in [-0.1, -0.05) is 0 Å². The van der Waals surface area contributed by atoms with E-state index >= 15 is 0 Å². The summed E-state index contributed by atoms with van der Waals surface area (Å²) in [5.74, 6) is 0.767. The molecule has 0 aliphatic carbocycles. The van der Waals surface area contributed by atoms with E-state index in [9.17, 15) is 0 Å². The number of ether oxygens (including phenoxy) is 2. The van der Waals surface area contributed by atoms with Crippen molar-refractivity contribution in [2.24, 2.45) is 11.7 Å². The lowest BCUT2D eigenvalue weighted by atomic mass is 9.90. The van der Waals surface area contributed by atoms with E-state index in [4.69, 9.17) is 15.2 Å². The summed E-state index contributed by atoms with van der Waals surface area (Å²) >= 11 is 0. The van der Waals surface area contributed by atoms with Crippen LogP contribution in [0.4, 0.5) is 0 Å². The van der Waals surface area contributed by atoms with Gasteiger partial charge in [-0.2, -0.15) is 0 Å². The molecule has 0 amide bonds. The Balaban J connectivity index is 1.72. The Kier molecular flexibility index (Phi) is 3.79. The quantitative estimate of drug-likeness (QED) is 0.745. The van der Waals surface area contributed by atoms with Gasteiger partial charge in [0, 0.05) is 25.9 Å². The van der Waals surface area contributed by atoms with Crippen LogP contribution in [0, 0.1) is 5.92 Å². The molecule has 2 fully saturated rings. The summed E-state index contributed by atoms with van der Waals surface area (Å²) in [4.78, 5) is 0. The summed E-state index contributed by atoms with van der Waals surface area (Å²) in [6.45, 7) is 2.75. The number of hydrogen-bond donors (Lipinski definition) is 1. The van der Waals surface area contributed by atoms with Crippen molar-refractivity contribution in [1.82, 2.24) is 0 Å². The van der Waals surface area contributed by atoms with E-state index in [0.717, 1.165) is 38.6 Å². The van der Waals surface area contributed by atoms with Crippen molar-refractivity contribution >= 4 is 0 Å². The van der Waals surface area contributed by atoms with Crippen LogP contribution in [0.3, 0.4) is 0 Å². The smallest absolute Gasteiger partial charge is 0.0726 e. The maximum atomic E-state index is 6.14. The lowest BCUT2D eigenvalue weighted by Crippen LogP contribution is -2.37. The second-order valence-electron chi connectivity index (χ2n) is 4.51. The molecule has 3 nitrogen and oxygen atoms in total. The van der Waals surface area contributed by atoms with E-state index in [-0.39, 0.29) is 6.04 Å². The van der Waals surface area contributed by atoms with E-state index in [1.54, 1.807) is 0 Å². The number of rotatable bonds is 3. The van der Waals surface area contributed by atoms with Crippen molar-refractivity contribution in [2.75, 3.05) is 19.8 Å². The van der Waals surface area contributed by atoms with Gasteiger partial charge in [-0.15, -0.1) is 0 Å². The molecule has 2 rings (SSSR count). The molecule has 0 radical (unpaired) electrons. The highest BCUT2D eigenvalue weighted by molar-refractivity contribution is 4.80. The fourth-order valence-electron chi connectivity index (χ4n) is 2.46. The summed E-state index contributed by atoms with van der Waals surface area (Å²) in [6, 6.07) is 0.251. The summed E-state index contributed by atoms with van der Waals surface area (Å²) in [5, 5.41) is 0. The van der Waals surface area contributed by atoms with Crippen molar-refractivity contribution < 1.29 is 9.47 Å². The maximum Gasteiger partial charge on any atom is 0.0726 e. The first-order chi connectivity index (χ1) is 6.86. The molecule has 14 heavy (non-hydrogen) atoms. The van der Waals surface area contributed by atoms with Gasteiger partial charge in [-0.3, -0.25) is 0 Å². The number of hydrogen-bond acceptors (Lipinski definition) is 3. The SMILES string of the molecule is NC(CC1CCOCC1)C1CCCO1. The van der Waals surface area contributed by atoms with E-state index < -0.39 is 0 Å². The second-order valence-corrected chi connectivity index (χ2v) is 4.51. The van der Waals surface area contributed by atoms with Crippen LogP contribution in [0.25, 0.3) is 0 Å². The fourth-order valence-corrected chi connectivity index (χ4v) is 2.46. The van der Waals surface area contributed by atoms with Crippen LogP contribution in [-0.2, 0) is 9.47 Å². The standard InChI is InChI=1S/C11H21NO2/c12-10(11-2-1-5-14-11)8-9-3-6-13-7-4-9/h9-11H,1-8,12H2. The topological polar surface area (TPSA) is 44.5 Å². The van der Waals surface area contributed by atoms with E-state index in [0.29, 0.717) is 6.10 Å². The second kappa shape index (κ2) is 5.10. The Morgan fingerprint density at radius 1 is 1.14 bits per heavy atom. The summed E-state index contributed by atoms with van der Waals surface area (Å²) in [5.41, 5.74) is 6.14. The molecule has 2 aliphatic heterocycles. The van der Waals surface area contributed by atoms with Gasteiger partial charge in [0.05, 0.1) is 6.10 Å². The van der Waals surface area contributed by atoms with Crippen LogP contribution in [0.1, 0.15) is 32.1 Å². The molecule has 82 valence electrons. The van der Waals surface area contributed by atoms with Crippen molar-refractivity contribution in [1.29, 1.82) is 0 Å². The first-order valence-corrected chi connectivity index (χ1v) is 5.81. The maximum absolute atomic E-state index is 6.14. The third-order valence-corrected chi connectivity index (χ3v) is 3.39. The minimum absolute atomic E-state index is 0.251. The Morgan fingerprint density at radius 3 is 2.57 bits per heavy atom. The molecule has 2 saturated heterocycles. The molecule has 0 bridgehead atoms. The molecule has 0 spiro atoms. The minimum Gasteiger partial charge on any atom is -0.381 e.